The van der Waals surface area contributed by atoms with Gasteiger partial charge in [-0.3, -0.25) is 4.55 Å². The van der Waals surface area contributed by atoms with E-state index in [1.54, 1.807) is 0 Å². The lowest BCUT2D eigenvalue weighted by Gasteiger charge is -2.16. The van der Waals surface area contributed by atoms with Crippen LogP contribution in [0.4, 0.5) is 0 Å². The lowest BCUT2D eigenvalue weighted by Crippen LogP contribution is -2.22. The number of rotatable bonds is 15. The molecule has 0 aromatic rings. The van der Waals surface area contributed by atoms with Crippen LogP contribution in [0, 0.1) is 0 Å². The highest BCUT2D eigenvalue weighted by Crippen LogP contribution is 2.19. The maximum atomic E-state index is 11.4. The summed E-state index contributed by atoms with van der Waals surface area (Å²) >= 11 is 0. The number of aliphatic hydroxyl groups is 1. The van der Waals surface area contributed by atoms with E-state index in [1.165, 1.54) is 32.1 Å². The highest BCUT2D eigenvalue weighted by molar-refractivity contribution is 7.86. The average molecular weight is 337 g/mol. The molecule has 5 heteroatoms. The first kappa shape index (κ1) is 21.9. The van der Waals surface area contributed by atoms with Crippen molar-refractivity contribution in [2.45, 2.75) is 109 Å². The van der Waals surface area contributed by atoms with Crippen molar-refractivity contribution in [2.24, 2.45) is 0 Å². The van der Waals surface area contributed by atoms with Gasteiger partial charge in [0.05, 0.1) is 11.4 Å². The summed E-state index contributed by atoms with van der Waals surface area (Å²) in [6.07, 6.45) is 11.8. The third-order valence-electron chi connectivity index (χ3n) is 4.24. The first-order valence-electron chi connectivity index (χ1n) is 9.06. The number of aliphatic hydroxyl groups excluding tert-OH is 1. The largest absolute Gasteiger partial charge is 0.393 e. The molecule has 134 valence electrons. The SMILES string of the molecule is CCCCCCCCCCC(CCC(O)CCC)S(=O)(=O)O. The molecule has 2 unspecified atom stereocenters. The zero-order chi connectivity index (χ0) is 16.8. The van der Waals surface area contributed by atoms with Crippen LogP contribution >= 0.6 is 0 Å². The van der Waals surface area contributed by atoms with E-state index in [-0.39, 0.29) is 0 Å². The summed E-state index contributed by atoms with van der Waals surface area (Å²) in [6.45, 7) is 4.19. The van der Waals surface area contributed by atoms with E-state index in [0.29, 0.717) is 25.7 Å². The molecule has 0 amide bonds. The van der Waals surface area contributed by atoms with Crippen molar-refractivity contribution in [1.29, 1.82) is 0 Å². The van der Waals surface area contributed by atoms with Gasteiger partial charge in [-0.2, -0.15) is 8.42 Å². The minimum absolute atomic E-state index is 0.358. The maximum absolute atomic E-state index is 11.4. The van der Waals surface area contributed by atoms with Crippen molar-refractivity contribution < 1.29 is 18.1 Å². The molecule has 0 spiro atoms. The van der Waals surface area contributed by atoms with Gasteiger partial charge in [0, 0.05) is 0 Å². The zero-order valence-corrected chi connectivity index (χ0v) is 15.3. The van der Waals surface area contributed by atoms with Crippen LogP contribution in [0.25, 0.3) is 0 Å². The molecule has 0 rings (SSSR count). The van der Waals surface area contributed by atoms with E-state index < -0.39 is 21.5 Å². The van der Waals surface area contributed by atoms with Crippen LogP contribution in [0.1, 0.15) is 97.3 Å². The Morgan fingerprint density at radius 2 is 1.27 bits per heavy atom. The fourth-order valence-electron chi connectivity index (χ4n) is 2.80. The van der Waals surface area contributed by atoms with Crippen molar-refractivity contribution in [3.8, 4) is 0 Å². The monoisotopic (exact) mass is 336 g/mol. The molecule has 0 saturated carbocycles. The van der Waals surface area contributed by atoms with Gasteiger partial charge in [0.15, 0.2) is 0 Å². The van der Waals surface area contributed by atoms with Crippen LogP contribution in [0.3, 0.4) is 0 Å². The molecule has 0 aromatic heterocycles. The van der Waals surface area contributed by atoms with Crippen LogP contribution in [0.5, 0.6) is 0 Å². The third kappa shape index (κ3) is 12.4. The van der Waals surface area contributed by atoms with Crippen molar-refractivity contribution in [3.63, 3.8) is 0 Å². The second-order valence-electron chi connectivity index (χ2n) is 6.42. The minimum atomic E-state index is -3.99. The second-order valence-corrected chi connectivity index (χ2v) is 8.12. The highest BCUT2D eigenvalue weighted by Gasteiger charge is 2.23. The van der Waals surface area contributed by atoms with E-state index in [0.717, 1.165) is 25.7 Å². The van der Waals surface area contributed by atoms with Crippen LogP contribution in [0.2, 0.25) is 0 Å². The van der Waals surface area contributed by atoms with Gasteiger partial charge in [0.25, 0.3) is 10.1 Å². The lowest BCUT2D eigenvalue weighted by molar-refractivity contribution is 0.150. The Morgan fingerprint density at radius 3 is 1.77 bits per heavy atom. The second kappa shape index (κ2) is 13.3. The molecule has 0 bridgehead atoms. The van der Waals surface area contributed by atoms with Crippen LogP contribution in [-0.2, 0) is 10.1 Å². The highest BCUT2D eigenvalue weighted by atomic mass is 32.2. The molecule has 0 aliphatic rings. The fourth-order valence-corrected chi connectivity index (χ4v) is 3.70. The first-order chi connectivity index (χ1) is 10.4. The van der Waals surface area contributed by atoms with Gasteiger partial charge >= 0.3 is 0 Å². The molecular weight excluding hydrogens is 300 g/mol. The Kier molecular flexibility index (Phi) is 13.2. The molecule has 0 radical (unpaired) electrons. The average Bonchev–Trinajstić information content (AvgIpc) is 2.43. The standard InChI is InChI=1S/C17H36O4S/c1-3-5-6-7-8-9-10-11-13-17(22(19,20)21)15-14-16(18)12-4-2/h16-18H,3-15H2,1-2H3,(H,19,20,21). The van der Waals surface area contributed by atoms with Crippen LogP contribution in [-0.4, -0.2) is 29.4 Å². The Bertz CT molecular complexity index is 341. The number of hydrogen-bond donors (Lipinski definition) is 2. The topological polar surface area (TPSA) is 74.6 Å². The third-order valence-corrected chi connectivity index (χ3v) is 5.56. The molecule has 0 aliphatic carbocycles. The predicted octanol–water partition coefficient (Wildman–Crippen LogP) is 4.71. The molecule has 22 heavy (non-hydrogen) atoms. The van der Waals surface area contributed by atoms with Gasteiger partial charge in [-0.1, -0.05) is 71.6 Å². The maximum Gasteiger partial charge on any atom is 0.267 e. The Morgan fingerprint density at radius 1 is 0.727 bits per heavy atom. The smallest absolute Gasteiger partial charge is 0.267 e. The molecule has 2 N–H and O–H groups in total. The van der Waals surface area contributed by atoms with E-state index in [9.17, 15) is 18.1 Å². The summed E-state index contributed by atoms with van der Waals surface area (Å²) in [5.74, 6) is 0. The molecular formula is C17H36O4S. The van der Waals surface area contributed by atoms with Gasteiger partial charge in [0.2, 0.25) is 0 Å². The molecule has 0 aromatic carbocycles. The predicted molar refractivity (Wildman–Crippen MR) is 92.7 cm³/mol. The van der Waals surface area contributed by atoms with E-state index in [1.807, 2.05) is 6.92 Å². The van der Waals surface area contributed by atoms with Crippen molar-refractivity contribution in [1.82, 2.24) is 0 Å². The van der Waals surface area contributed by atoms with Gasteiger partial charge in [-0.15, -0.1) is 0 Å². The quantitative estimate of drug-likeness (QED) is 0.335. The summed E-state index contributed by atoms with van der Waals surface area (Å²) in [5, 5.41) is 8.99. The summed E-state index contributed by atoms with van der Waals surface area (Å²) in [4.78, 5) is 0. The van der Waals surface area contributed by atoms with E-state index >= 15 is 0 Å². The summed E-state index contributed by atoms with van der Waals surface area (Å²) < 4.78 is 32.1. The molecule has 2 atom stereocenters. The Labute approximate surface area is 137 Å². The lowest BCUT2D eigenvalue weighted by atomic mass is 10.0. The zero-order valence-electron chi connectivity index (χ0n) is 14.5. The van der Waals surface area contributed by atoms with Crippen molar-refractivity contribution in [3.05, 3.63) is 0 Å². The van der Waals surface area contributed by atoms with Crippen molar-refractivity contribution in [2.75, 3.05) is 0 Å². The molecule has 0 saturated heterocycles. The Balaban J connectivity index is 3.87. The first-order valence-corrected chi connectivity index (χ1v) is 10.6. The summed E-state index contributed by atoms with van der Waals surface area (Å²) in [7, 11) is -3.99. The van der Waals surface area contributed by atoms with Gasteiger partial charge < -0.3 is 5.11 Å². The van der Waals surface area contributed by atoms with Crippen LogP contribution < -0.4 is 0 Å². The van der Waals surface area contributed by atoms with Crippen LogP contribution in [0.15, 0.2) is 0 Å². The molecule has 0 aliphatic heterocycles. The number of unbranched alkanes of at least 4 members (excludes halogenated alkanes) is 7. The van der Waals surface area contributed by atoms with E-state index in [4.69, 9.17) is 0 Å². The number of hydrogen-bond acceptors (Lipinski definition) is 3. The summed E-state index contributed by atoms with van der Waals surface area (Å²) in [6, 6.07) is 0. The molecule has 0 fully saturated rings. The summed E-state index contributed by atoms with van der Waals surface area (Å²) in [5.41, 5.74) is 0. The Hall–Kier alpha value is -0.130. The normalized spacial score (nSPS) is 14.9. The van der Waals surface area contributed by atoms with Crippen molar-refractivity contribution >= 4 is 10.1 Å². The molecule has 0 heterocycles. The molecule has 4 nitrogen and oxygen atoms in total. The van der Waals surface area contributed by atoms with Gasteiger partial charge in [0.1, 0.15) is 0 Å². The van der Waals surface area contributed by atoms with E-state index in [2.05, 4.69) is 6.92 Å². The minimum Gasteiger partial charge on any atom is -0.393 e. The van der Waals surface area contributed by atoms with Gasteiger partial charge in [-0.05, 0) is 25.7 Å². The van der Waals surface area contributed by atoms with Gasteiger partial charge in [-0.25, -0.2) is 0 Å². The fraction of sp³-hybridized carbons (Fsp3) is 1.00.